The number of imide groups is 1. The summed E-state index contributed by atoms with van der Waals surface area (Å²) in [5, 5.41) is 3.32. The van der Waals surface area contributed by atoms with Crippen molar-refractivity contribution in [3.8, 4) is 0 Å². The van der Waals surface area contributed by atoms with E-state index in [2.05, 4.69) is 10.7 Å². The van der Waals surface area contributed by atoms with Crippen molar-refractivity contribution in [1.29, 1.82) is 0 Å². The molecule has 1 aromatic carbocycles. The summed E-state index contributed by atoms with van der Waals surface area (Å²) < 4.78 is 4.87. The van der Waals surface area contributed by atoms with E-state index in [1.165, 1.54) is 24.3 Å². The lowest BCUT2D eigenvalue weighted by molar-refractivity contribution is -0.140. The van der Waals surface area contributed by atoms with E-state index in [1.807, 2.05) is 0 Å². The normalized spacial score (nSPS) is 18.1. The predicted molar refractivity (Wildman–Crippen MR) is 91.4 cm³/mol. The zero-order valence-corrected chi connectivity index (χ0v) is 14.5. The molecule has 142 valence electrons. The Bertz CT molecular complexity index is 783. The fraction of sp³-hybridized carbons (Fsp3) is 0.389. The number of benzene rings is 1. The summed E-state index contributed by atoms with van der Waals surface area (Å²) in [5.74, 6) is -2.05. The van der Waals surface area contributed by atoms with Gasteiger partial charge in [-0.05, 0) is 25.0 Å². The summed E-state index contributed by atoms with van der Waals surface area (Å²) in [4.78, 5) is 59.1. The van der Waals surface area contributed by atoms with Crippen LogP contribution in [0.1, 0.15) is 52.8 Å². The highest BCUT2D eigenvalue weighted by Gasteiger charge is 2.52. The number of nitrogens with one attached hydrogen (secondary N) is 2. The summed E-state index contributed by atoms with van der Waals surface area (Å²) in [6, 6.07) is 5.00. The number of carbonyl (C=O) groups is 5. The summed E-state index contributed by atoms with van der Waals surface area (Å²) in [6.07, 6.45) is 4.37. The van der Waals surface area contributed by atoms with Crippen molar-refractivity contribution >= 4 is 30.1 Å². The average Bonchev–Trinajstić information content (AvgIpc) is 2.90. The molecule has 27 heavy (non-hydrogen) atoms. The largest absolute Gasteiger partial charge is 0.452 e. The molecule has 1 spiro atoms. The zero-order chi connectivity index (χ0) is 19.4. The van der Waals surface area contributed by atoms with Crippen LogP contribution in [0.25, 0.3) is 0 Å². The Balaban J connectivity index is 1.54. The van der Waals surface area contributed by atoms with Crippen LogP contribution in [0.3, 0.4) is 0 Å². The highest BCUT2D eigenvalue weighted by Crippen LogP contribution is 2.32. The molecule has 0 radical (unpaired) electrons. The fourth-order valence-corrected chi connectivity index (χ4v) is 3.29. The summed E-state index contributed by atoms with van der Waals surface area (Å²) >= 11 is 0. The molecule has 1 aromatic rings. The Morgan fingerprint density at radius 3 is 2.44 bits per heavy atom. The zero-order valence-electron chi connectivity index (χ0n) is 14.5. The Hall–Kier alpha value is -3.23. The van der Waals surface area contributed by atoms with Crippen LogP contribution < -0.4 is 10.7 Å². The second kappa shape index (κ2) is 7.56. The number of hydrogen-bond acceptors (Lipinski definition) is 6. The molecule has 9 nitrogen and oxygen atoms in total. The highest BCUT2D eigenvalue weighted by atomic mass is 16.5. The standard InChI is InChI=1S/C18H19N3O6/c22-10-12-4-6-13(7-5-12)15(24)27-11-14(23)20-21-16(25)18(19-17(21)26)8-2-1-3-9-18/h4-7,10H,1-3,8-9,11H2,(H,19,26)(H,20,23). The Kier molecular flexibility index (Phi) is 5.20. The van der Waals surface area contributed by atoms with Gasteiger partial charge in [-0.25, -0.2) is 9.59 Å². The molecule has 1 saturated heterocycles. The molecule has 4 amide bonds. The molecule has 2 fully saturated rings. The van der Waals surface area contributed by atoms with Crippen molar-refractivity contribution in [1.82, 2.24) is 15.8 Å². The minimum atomic E-state index is -0.945. The van der Waals surface area contributed by atoms with Crippen LogP contribution in [0.2, 0.25) is 0 Å². The van der Waals surface area contributed by atoms with Gasteiger partial charge in [0.25, 0.3) is 11.8 Å². The van der Waals surface area contributed by atoms with Crippen LogP contribution in [-0.4, -0.2) is 47.3 Å². The first-order chi connectivity index (χ1) is 12.9. The van der Waals surface area contributed by atoms with Gasteiger partial charge in [0.05, 0.1) is 5.56 Å². The van der Waals surface area contributed by atoms with Crippen molar-refractivity contribution in [2.75, 3.05) is 6.61 Å². The topological polar surface area (TPSA) is 122 Å². The third kappa shape index (κ3) is 3.81. The van der Waals surface area contributed by atoms with Gasteiger partial charge in [-0.2, -0.15) is 5.01 Å². The lowest BCUT2D eigenvalue weighted by atomic mass is 9.82. The van der Waals surface area contributed by atoms with Gasteiger partial charge in [0, 0.05) is 5.56 Å². The minimum absolute atomic E-state index is 0.171. The third-order valence-corrected chi connectivity index (χ3v) is 4.72. The van der Waals surface area contributed by atoms with Crippen molar-refractivity contribution in [3.63, 3.8) is 0 Å². The summed E-state index contributed by atoms with van der Waals surface area (Å²) in [6.45, 7) is -0.654. The van der Waals surface area contributed by atoms with E-state index < -0.39 is 36.0 Å². The lowest BCUT2D eigenvalue weighted by Crippen LogP contribution is -2.51. The number of ether oxygens (including phenoxy) is 1. The number of aldehydes is 1. The minimum Gasteiger partial charge on any atom is -0.452 e. The average molecular weight is 373 g/mol. The summed E-state index contributed by atoms with van der Waals surface area (Å²) in [5.41, 5.74) is 1.81. The van der Waals surface area contributed by atoms with E-state index in [9.17, 15) is 24.0 Å². The first-order valence-corrected chi connectivity index (χ1v) is 8.64. The second-order valence-electron chi connectivity index (χ2n) is 6.56. The molecule has 2 N–H and O–H groups in total. The van der Waals surface area contributed by atoms with Gasteiger partial charge in [-0.3, -0.25) is 19.8 Å². The van der Waals surface area contributed by atoms with Gasteiger partial charge in [0.1, 0.15) is 11.8 Å². The number of hydrogen-bond donors (Lipinski definition) is 2. The van der Waals surface area contributed by atoms with Crippen LogP contribution >= 0.6 is 0 Å². The smallest absolute Gasteiger partial charge is 0.344 e. The van der Waals surface area contributed by atoms with E-state index in [0.717, 1.165) is 19.3 Å². The number of urea groups is 1. The Morgan fingerprint density at radius 1 is 1.15 bits per heavy atom. The first kappa shape index (κ1) is 18.6. The van der Waals surface area contributed by atoms with E-state index in [0.29, 0.717) is 29.7 Å². The van der Waals surface area contributed by atoms with Crippen molar-refractivity contribution < 1.29 is 28.7 Å². The molecule has 1 aliphatic heterocycles. The highest BCUT2D eigenvalue weighted by molar-refractivity contribution is 6.08. The van der Waals surface area contributed by atoms with Gasteiger partial charge in [-0.1, -0.05) is 31.4 Å². The second-order valence-corrected chi connectivity index (χ2v) is 6.56. The molecule has 2 aliphatic rings. The molecule has 0 bridgehead atoms. The number of esters is 1. The molecular formula is C18H19N3O6. The van der Waals surface area contributed by atoms with Crippen LogP contribution in [0.15, 0.2) is 24.3 Å². The van der Waals surface area contributed by atoms with Crippen molar-refractivity contribution in [2.45, 2.75) is 37.6 Å². The number of nitrogens with zero attached hydrogens (tertiary/aromatic N) is 1. The van der Waals surface area contributed by atoms with Crippen molar-refractivity contribution in [3.05, 3.63) is 35.4 Å². The molecule has 9 heteroatoms. The molecule has 0 aromatic heterocycles. The van der Waals surface area contributed by atoms with E-state index >= 15 is 0 Å². The Labute approximate surface area is 155 Å². The fourth-order valence-electron chi connectivity index (χ4n) is 3.29. The van der Waals surface area contributed by atoms with E-state index in [4.69, 9.17) is 4.74 Å². The van der Waals surface area contributed by atoms with Crippen molar-refractivity contribution in [2.24, 2.45) is 0 Å². The maximum atomic E-state index is 12.5. The maximum Gasteiger partial charge on any atom is 0.344 e. The van der Waals surface area contributed by atoms with Gasteiger partial charge in [0.2, 0.25) is 0 Å². The monoisotopic (exact) mass is 373 g/mol. The van der Waals surface area contributed by atoms with Crippen LogP contribution in [-0.2, 0) is 14.3 Å². The summed E-state index contributed by atoms with van der Waals surface area (Å²) in [7, 11) is 0. The molecule has 1 aliphatic carbocycles. The Morgan fingerprint density at radius 2 is 1.81 bits per heavy atom. The van der Waals surface area contributed by atoms with E-state index in [-0.39, 0.29) is 5.56 Å². The molecule has 0 unspecified atom stereocenters. The molecule has 3 rings (SSSR count). The number of hydrazine groups is 1. The molecule has 0 atom stereocenters. The number of amides is 4. The third-order valence-electron chi connectivity index (χ3n) is 4.72. The molecular weight excluding hydrogens is 354 g/mol. The van der Waals surface area contributed by atoms with Gasteiger partial charge < -0.3 is 10.1 Å². The van der Waals surface area contributed by atoms with E-state index in [1.54, 1.807) is 0 Å². The lowest BCUT2D eigenvalue weighted by Gasteiger charge is -2.30. The number of carbonyl (C=O) groups excluding carboxylic acids is 5. The van der Waals surface area contributed by atoms with Crippen LogP contribution in [0.4, 0.5) is 4.79 Å². The number of rotatable bonds is 5. The van der Waals surface area contributed by atoms with Gasteiger partial charge in [0.15, 0.2) is 6.61 Å². The van der Waals surface area contributed by atoms with Crippen LogP contribution in [0.5, 0.6) is 0 Å². The quantitative estimate of drug-likeness (QED) is 0.450. The van der Waals surface area contributed by atoms with Crippen LogP contribution in [0, 0.1) is 0 Å². The maximum absolute atomic E-state index is 12.5. The molecule has 1 saturated carbocycles. The molecule has 1 heterocycles. The first-order valence-electron chi connectivity index (χ1n) is 8.64. The van der Waals surface area contributed by atoms with Gasteiger partial charge in [-0.15, -0.1) is 0 Å². The van der Waals surface area contributed by atoms with Gasteiger partial charge >= 0.3 is 12.0 Å². The SMILES string of the molecule is O=Cc1ccc(C(=O)OCC(=O)NN2C(=O)NC3(CCCCC3)C2=O)cc1. The predicted octanol–water partition coefficient (Wildman–Crippen LogP) is 0.942.